The van der Waals surface area contributed by atoms with E-state index in [2.05, 4.69) is 4.98 Å². The van der Waals surface area contributed by atoms with Gasteiger partial charge in [0.1, 0.15) is 5.82 Å². The Morgan fingerprint density at radius 1 is 1.19 bits per heavy atom. The Balaban J connectivity index is 2.27. The molecule has 1 aliphatic heterocycles. The summed E-state index contributed by atoms with van der Waals surface area (Å²) in [7, 11) is -0.597. The average molecular weight is 223 g/mol. The monoisotopic (exact) mass is 223 g/mol. The predicted octanol–water partition coefficient (Wildman–Crippen LogP) is 1.52. The van der Waals surface area contributed by atoms with Crippen molar-refractivity contribution >= 4 is 12.7 Å². The van der Waals surface area contributed by atoms with Crippen molar-refractivity contribution in [3.05, 3.63) is 24.1 Å². The molecule has 2 rings (SSSR count). The Morgan fingerprint density at radius 2 is 1.75 bits per heavy atom. The number of hydrogen-bond donors (Lipinski definition) is 0. The molecular formula is C11H15BFNO2. The lowest BCUT2D eigenvalue weighted by molar-refractivity contribution is 0.00578. The third kappa shape index (κ3) is 1.85. The van der Waals surface area contributed by atoms with Crippen LogP contribution in [0.3, 0.4) is 0 Å². The first-order valence-electron chi connectivity index (χ1n) is 5.29. The lowest BCUT2D eigenvalue weighted by Crippen LogP contribution is -2.41. The molecule has 0 atom stereocenters. The summed E-state index contributed by atoms with van der Waals surface area (Å²) in [6, 6.07) is 2.64. The van der Waals surface area contributed by atoms with Gasteiger partial charge in [-0.3, -0.25) is 4.98 Å². The molecule has 0 aromatic carbocycles. The van der Waals surface area contributed by atoms with Gasteiger partial charge in [-0.2, -0.15) is 0 Å². The zero-order chi connectivity index (χ0) is 12.0. The molecule has 1 aromatic rings. The van der Waals surface area contributed by atoms with E-state index >= 15 is 0 Å². The van der Waals surface area contributed by atoms with Gasteiger partial charge < -0.3 is 9.31 Å². The minimum absolute atomic E-state index is 0.334. The van der Waals surface area contributed by atoms with Crippen LogP contribution >= 0.6 is 0 Å². The molecule has 16 heavy (non-hydrogen) atoms. The van der Waals surface area contributed by atoms with Crippen molar-refractivity contribution < 1.29 is 13.7 Å². The zero-order valence-corrected chi connectivity index (χ0v) is 9.95. The minimum atomic E-state index is -0.597. The molecule has 0 saturated carbocycles. The van der Waals surface area contributed by atoms with Gasteiger partial charge in [0, 0.05) is 6.20 Å². The lowest BCUT2D eigenvalue weighted by Gasteiger charge is -2.32. The van der Waals surface area contributed by atoms with E-state index in [4.69, 9.17) is 9.31 Å². The first-order chi connectivity index (χ1) is 7.32. The van der Waals surface area contributed by atoms with E-state index in [1.165, 1.54) is 18.3 Å². The molecule has 0 amide bonds. The molecule has 0 bridgehead atoms. The first kappa shape index (κ1) is 11.5. The van der Waals surface area contributed by atoms with Gasteiger partial charge in [0.25, 0.3) is 0 Å². The predicted molar refractivity (Wildman–Crippen MR) is 59.9 cm³/mol. The quantitative estimate of drug-likeness (QED) is 0.676. The largest absolute Gasteiger partial charge is 0.514 e. The van der Waals surface area contributed by atoms with Crippen LogP contribution in [0.4, 0.5) is 4.39 Å². The SMILES string of the molecule is CC1(C)OB(c2cc(F)ccn2)OC1(C)C. The van der Waals surface area contributed by atoms with E-state index in [0.717, 1.165) is 0 Å². The maximum absolute atomic E-state index is 13.1. The van der Waals surface area contributed by atoms with Crippen LogP contribution in [0.1, 0.15) is 27.7 Å². The molecule has 2 heterocycles. The number of aromatic nitrogens is 1. The Kier molecular flexibility index (Phi) is 2.55. The second kappa shape index (κ2) is 3.53. The molecule has 0 spiro atoms. The third-order valence-corrected chi connectivity index (χ3v) is 3.24. The third-order valence-electron chi connectivity index (χ3n) is 3.24. The summed E-state index contributed by atoms with van der Waals surface area (Å²) in [5.41, 5.74) is -0.379. The lowest BCUT2D eigenvalue weighted by atomic mass is 9.84. The van der Waals surface area contributed by atoms with Crippen LogP contribution in [0.2, 0.25) is 0 Å². The number of halogens is 1. The van der Waals surface area contributed by atoms with E-state index in [1.54, 1.807) is 0 Å². The van der Waals surface area contributed by atoms with Crippen molar-refractivity contribution in [3.8, 4) is 0 Å². The van der Waals surface area contributed by atoms with Crippen molar-refractivity contribution in [1.29, 1.82) is 0 Å². The summed E-state index contributed by atoms with van der Waals surface area (Å²) in [5, 5.41) is 0. The van der Waals surface area contributed by atoms with Gasteiger partial charge in [-0.1, -0.05) is 0 Å². The second-order valence-corrected chi connectivity index (χ2v) is 4.99. The highest BCUT2D eigenvalue weighted by Gasteiger charge is 2.52. The van der Waals surface area contributed by atoms with Crippen molar-refractivity contribution in [2.24, 2.45) is 0 Å². The van der Waals surface area contributed by atoms with Crippen molar-refractivity contribution in [2.75, 3.05) is 0 Å². The average Bonchev–Trinajstić information content (AvgIpc) is 2.36. The van der Waals surface area contributed by atoms with Gasteiger partial charge in [0.05, 0.1) is 16.8 Å². The molecule has 1 aliphatic rings. The molecular weight excluding hydrogens is 208 g/mol. The van der Waals surface area contributed by atoms with Crippen molar-refractivity contribution in [1.82, 2.24) is 4.98 Å². The molecule has 0 unspecified atom stereocenters. The summed E-state index contributed by atoms with van der Waals surface area (Å²) in [6.07, 6.45) is 1.41. The van der Waals surface area contributed by atoms with E-state index in [-0.39, 0.29) is 5.82 Å². The van der Waals surface area contributed by atoms with E-state index in [0.29, 0.717) is 5.59 Å². The topological polar surface area (TPSA) is 31.4 Å². The van der Waals surface area contributed by atoms with Gasteiger partial charge in [-0.05, 0) is 39.8 Å². The van der Waals surface area contributed by atoms with Gasteiger partial charge >= 0.3 is 7.12 Å². The zero-order valence-electron chi connectivity index (χ0n) is 9.95. The van der Waals surface area contributed by atoms with Crippen LogP contribution < -0.4 is 5.59 Å². The highest BCUT2D eigenvalue weighted by atomic mass is 19.1. The van der Waals surface area contributed by atoms with E-state index in [1.807, 2.05) is 27.7 Å². The number of hydrogen-bond acceptors (Lipinski definition) is 3. The standard InChI is InChI=1S/C11H15BFNO2/c1-10(2)11(3,4)16-12(15-10)9-7-8(13)5-6-14-9/h5-7H,1-4H3. The van der Waals surface area contributed by atoms with Gasteiger partial charge in [-0.25, -0.2) is 4.39 Å². The first-order valence-corrected chi connectivity index (χ1v) is 5.29. The summed E-state index contributed by atoms with van der Waals surface area (Å²) in [6.45, 7) is 7.80. The fourth-order valence-corrected chi connectivity index (χ4v) is 1.51. The van der Waals surface area contributed by atoms with Crippen LogP contribution in [-0.4, -0.2) is 23.3 Å². The van der Waals surface area contributed by atoms with Gasteiger partial charge in [-0.15, -0.1) is 0 Å². The Bertz CT molecular complexity index is 393. The molecule has 1 aromatic heterocycles. The molecule has 1 fully saturated rings. The maximum Gasteiger partial charge on any atom is 0.514 e. The fraction of sp³-hybridized carbons (Fsp3) is 0.545. The van der Waals surface area contributed by atoms with Crippen molar-refractivity contribution in [2.45, 2.75) is 38.9 Å². The van der Waals surface area contributed by atoms with Gasteiger partial charge in [0.2, 0.25) is 0 Å². The van der Waals surface area contributed by atoms with Crippen LogP contribution in [0.25, 0.3) is 0 Å². The van der Waals surface area contributed by atoms with Crippen LogP contribution in [0.15, 0.2) is 18.3 Å². The molecule has 3 nitrogen and oxygen atoms in total. The minimum Gasteiger partial charge on any atom is -0.398 e. The van der Waals surface area contributed by atoms with Crippen molar-refractivity contribution in [3.63, 3.8) is 0 Å². The summed E-state index contributed by atoms with van der Waals surface area (Å²) in [5.74, 6) is -0.334. The number of rotatable bonds is 1. The second-order valence-electron chi connectivity index (χ2n) is 4.99. The summed E-state index contributed by atoms with van der Waals surface area (Å²) in [4.78, 5) is 4.06. The molecule has 86 valence electrons. The summed E-state index contributed by atoms with van der Waals surface area (Å²) < 4.78 is 24.6. The molecule has 0 aliphatic carbocycles. The van der Waals surface area contributed by atoms with Crippen LogP contribution in [0, 0.1) is 5.82 Å². The summed E-state index contributed by atoms with van der Waals surface area (Å²) >= 11 is 0. The molecule has 0 radical (unpaired) electrons. The van der Waals surface area contributed by atoms with Gasteiger partial charge in [0.15, 0.2) is 0 Å². The highest BCUT2D eigenvalue weighted by molar-refractivity contribution is 6.61. The Labute approximate surface area is 95.1 Å². The van der Waals surface area contributed by atoms with E-state index < -0.39 is 18.3 Å². The molecule has 0 N–H and O–H groups in total. The fourth-order valence-electron chi connectivity index (χ4n) is 1.51. The number of nitrogens with zero attached hydrogens (tertiary/aromatic N) is 1. The molecule has 5 heteroatoms. The molecule has 1 saturated heterocycles. The Hall–Kier alpha value is -0.935. The van der Waals surface area contributed by atoms with Crippen LogP contribution in [0.5, 0.6) is 0 Å². The number of pyridine rings is 1. The maximum atomic E-state index is 13.1. The van der Waals surface area contributed by atoms with E-state index in [9.17, 15) is 4.39 Å². The van der Waals surface area contributed by atoms with Crippen LogP contribution in [-0.2, 0) is 9.31 Å². The highest BCUT2D eigenvalue weighted by Crippen LogP contribution is 2.36. The normalized spacial score (nSPS) is 22.4. The smallest absolute Gasteiger partial charge is 0.398 e. The Morgan fingerprint density at radius 3 is 2.25 bits per heavy atom.